The maximum atomic E-state index is 12.2. The Labute approximate surface area is 154 Å². The summed E-state index contributed by atoms with van der Waals surface area (Å²) in [5.74, 6) is 1.87. The largest absolute Gasteiger partial charge is 0.365 e. The zero-order valence-corrected chi connectivity index (χ0v) is 15.2. The van der Waals surface area contributed by atoms with Crippen LogP contribution in [0.25, 0.3) is 11.4 Å². The Morgan fingerprint density at radius 1 is 1.27 bits per heavy atom. The molecule has 0 radical (unpaired) electrons. The number of hydrogen-bond acceptors (Lipinski definition) is 5. The SMILES string of the molecule is CCCN1CC(Nc2nc(-c3ccccc3)nc3c2CCNC3)CC1=O. The Balaban J connectivity index is 1.63. The van der Waals surface area contributed by atoms with Gasteiger partial charge in [0.1, 0.15) is 5.82 Å². The van der Waals surface area contributed by atoms with Gasteiger partial charge < -0.3 is 15.5 Å². The first-order chi connectivity index (χ1) is 12.7. The van der Waals surface area contributed by atoms with Crippen LogP contribution in [0.5, 0.6) is 0 Å². The molecule has 136 valence electrons. The van der Waals surface area contributed by atoms with Crippen molar-refractivity contribution in [3.63, 3.8) is 0 Å². The average molecular weight is 351 g/mol. The minimum Gasteiger partial charge on any atom is -0.365 e. The Kier molecular flexibility index (Phi) is 4.84. The van der Waals surface area contributed by atoms with Crippen LogP contribution in [0.15, 0.2) is 30.3 Å². The first-order valence-corrected chi connectivity index (χ1v) is 9.45. The molecule has 2 aromatic rings. The van der Waals surface area contributed by atoms with Crippen molar-refractivity contribution >= 4 is 11.7 Å². The molecule has 0 spiro atoms. The summed E-state index contributed by atoms with van der Waals surface area (Å²) < 4.78 is 0. The van der Waals surface area contributed by atoms with Gasteiger partial charge in [0.2, 0.25) is 5.91 Å². The minimum atomic E-state index is 0.117. The smallest absolute Gasteiger partial charge is 0.224 e. The molecule has 0 aliphatic carbocycles. The quantitative estimate of drug-likeness (QED) is 0.864. The number of nitrogens with one attached hydrogen (secondary N) is 2. The Hall–Kier alpha value is -2.47. The second-order valence-corrected chi connectivity index (χ2v) is 7.00. The van der Waals surface area contributed by atoms with Gasteiger partial charge in [0.05, 0.1) is 11.7 Å². The Bertz CT molecular complexity index is 792. The number of rotatable bonds is 5. The number of amides is 1. The normalized spacial score (nSPS) is 19.5. The van der Waals surface area contributed by atoms with Gasteiger partial charge in [-0.2, -0.15) is 0 Å². The van der Waals surface area contributed by atoms with E-state index in [9.17, 15) is 4.79 Å². The summed E-state index contributed by atoms with van der Waals surface area (Å²) >= 11 is 0. The second kappa shape index (κ2) is 7.41. The standard InChI is InChI=1S/C20H25N5O/c1-2-10-25-13-15(11-18(25)26)22-20-16-8-9-21-12-17(16)23-19(24-20)14-6-4-3-5-7-14/h3-7,15,21H,2,8-13H2,1H3,(H,22,23,24). The summed E-state index contributed by atoms with van der Waals surface area (Å²) in [6.07, 6.45) is 2.44. The van der Waals surface area contributed by atoms with Crippen LogP contribution in [0, 0.1) is 0 Å². The lowest BCUT2D eigenvalue weighted by atomic mass is 10.1. The van der Waals surface area contributed by atoms with Gasteiger partial charge in [-0.1, -0.05) is 37.3 Å². The molecule has 2 aliphatic heterocycles. The number of benzene rings is 1. The van der Waals surface area contributed by atoms with Crippen LogP contribution in [0.3, 0.4) is 0 Å². The van der Waals surface area contributed by atoms with Crippen molar-refractivity contribution < 1.29 is 4.79 Å². The van der Waals surface area contributed by atoms with E-state index in [0.29, 0.717) is 6.42 Å². The number of carbonyl (C=O) groups excluding carboxylic acids is 1. The molecule has 6 heteroatoms. The average Bonchev–Trinajstić information content (AvgIpc) is 3.02. The van der Waals surface area contributed by atoms with Gasteiger partial charge in [0.15, 0.2) is 5.82 Å². The lowest BCUT2D eigenvalue weighted by molar-refractivity contribution is -0.127. The lowest BCUT2D eigenvalue weighted by Crippen LogP contribution is -2.31. The van der Waals surface area contributed by atoms with Crippen LogP contribution in [-0.4, -0.2) is 46.5 Å². The summed E-state index contributed by atoms with van der Waals surface area (Å²) in [5, 5.41) is 6.95. The number of likely N-dealkylation sites (tertiary alicyclic amines) is 1. The zero-order valence-electron chi connectivity index (χ0n) is 15.2. The number of aromatic nitrogens is 2. The van der Waals surface area contributed by atoms with Crippen molar-refractivity contribution in [2.24, 2.45) is 0 Å². The molecule has 2 N–H and O–H groups in total. The van der Waals surface area contributed by atoms with E-state index < -0.39 is 0 Å². The summed E-state index contributed by atoms with van der Waals surface area (Å²) in [6.45, 7) is 5.38. The van der Waals surface area contributed by atoms with E-state index in [1.165, 1.54) is 5.56 Å². The summed E-state index contributed by atoms with van der Waals surface area (Å²) in [6, 6.07) is 10.2. The van der Waals surface area contributed by atoms with Gasteiger partial charge in [0, 0.05) is 37.2 Å². The number of anilines is 1. The van der Waals surface area contributed by atoms with Crippen LogP contribution < -0.4 is 10.6 Å². The molecule has 1 atom stereocenters. The molecular formula is C20H25N5O. The maximum Gasteiger partial charge on any atom is 0.224 e. The molecule has 26 heavy (non-hydrogen) atoms. The van der Waals surface area contributed by atoms with Crippen molar-refractivity contribution in [3.8, 4) is 11.4 Å². The molecule has 2 aliphatic rings. The third-order valence-corrected chi connectivity index (χ3v) is 5.02. The van der Waals surface area contributed by atoms with E-state index in [1.807, 2.05) is 35.2 Å². The van der Waals surface area contributed by atoms with Crippen molar-refractivity contribution in [2.45, 2.75) is 38.8 Å². The predicted molar refractivity (Wildman–Crippen MR) is 102 cm³/mol. The fourth-order valence-electron chi connectivity index (χ4n) is 3.74. The molecule has 3 heterocycles. The lowest BCUT2D eigenvalue weighted by Gasteiger charge is -2.23. The Morgan fingerprint density at radius 3 is 2.92 bits per heavy atom. The minimum absolute atomic E-state index is 0.117. The molecule has 1 unspecified atom stereocenters. The van der Waals surface area contributed by atoms with Crippen LogP contribution >= 0.6 is 0 Å². The third-order valence-electron chi connectivity index (χ3n) is 5.02. The van der Waals surface area contributed by atoms with E-state index in [4.69, 9.17) is 9.97 Å². The van der Waals surface area contributed by atoms with Gasteiger partial charge in [-0.15, -0.1) is 0 Å². The van der Waals surface area contributed by atoms with Crippen molar-refractivity contribution in [3.05, 3.63) is 41.6 Å². The van der Waals surface area contributed by atoms with E-state index >= 15 is 0 Å². The predicted octanol–water partition coefficient (Wildman–Crippen LogP) is 2.21. The maximum absolute atomic E-state index is 12.2. The monoisotopic (exact) mass is 351 g/mol. The molecule has 1 saturated heterocycles. The van der Waals surface area contributed by atoms with Crippen LogP contribution in [0.1, 0.15) is 31.0 Å². The van der Waals surface area contributed by atoms with E-state index in [1.54, 1.807) is 0 Å². The molecule has 1 aromatic heterocycles. The molecule has 1 fully saturated rings. The van der Waals surface area contributed by atoms with E-state index in [2.05, 4.69) is 17.6 Å². The van der Waals surface area contributed by atoms with Gasteiger partial charge in [-0.25, -0.2) is 9.97 Å². The number of carbonyl (C=O) groups is 1. The van der Waals surface area contributed by atoms with Gasteiger partial charge >= 0.3 is 0 Å². The molecular weight excluding hydrogens is 326 g/mol. The van der Waals surface area contributed by atoms with Crippen molar-refractivity contribution in [2.75, 3.05) is 25.0 Å². The molecule has 1 amide bonds. The highest BCUT2D eigenvalue weighted by atomic mass is 16.2. The molecule has 0 saturated carbocycles. The second-order valence-electron chi connectivity index (χ2n) is 7.00. The van der Waals surface area contributed by atoms with Gasteiger partial charge in [-0.3, -0.25) is 4.79 Å². The first-order valence-electron chi connectivity index (χ1n) is 9.45. The number of hydrogen-bond donors (Lipinski definition) is 2. The fourth-order valence-corrected chi connectivity index (χ4v) is 3.74. The summed E-state index contributed by atoms with van der Waals surface area (Å²) in [4.78, 5) is 23.8. The molecule has 0 bridgehead atoms. The molecule has 6 nitrogen and oxygen atoms in total. The van der Waals surface area contributed by atoms with Crippen molar-refractivity contribution in [1.82, 2.24) is 20.2 Å². The number of nitrogens with zero attached hydrogens (tertiary/aromatic N) is 3. The summed E-state index contributed by atoms with van der Waals surface area (Å²) in [5.41, 5.74) is 3.26. The first kappa shape index (κ1) is 17.0. The summed E-state index contributed by atoms with van der Waals surface area (Å²) in [7, 11) is 0. The van der Waals surface area contributed by atoms with E-state index in [0.717, 1.165) is 61.9 Å². The number of fused-ring (bicyclic) bond motifs is 1. The van der Waals surface area contributed by atoms with Crippen LogP contribution in [0.4, 0.5) is 5.82 Å². The fraction of sp³-hybridized carbons (Fsp3) is 0.450. The Morgan fingerprint density at radius 2 is 2.12 bits per heavy atom. The molecule has 1 aromatic carbocycles. The highest BCUT2D eigenvalue weighted by Gasteiger charge is 2.30. The van der Waals surface area contributed by atoms with Crippen LogP contribution in [-0.2, 0) is 17.8 Å². The van der Waals surface area contributed by atoms with Gasteiger partial charge in [0.25, 0.3) is 0 Å². The highest BCUT2D eigenvalue weighted by molar-refractivity contribution is 5.80. The third kappa shape index (κ3) is 3.42. The van der Waals surface area contributed by atoms with Gasteiger partial charge in [-0.05, 0) is 19.4 Å². The van der Waals surface area contributed by atoms with Crippen LogP contribution in [0.2, 0.25) is 0 Å². The topological polar surface area (TPSA) is 70.2 Å². The van der Waals surface area contributed by atoms with Crippen molar-refractivity contribution in [1.29, 1.82) is 0 Å². The zero-order chi connectivity index (χ0) is 17.9. The highest BCUT2D eigenvalue weighted by Crippen LogP contribution is 2.26. The molecule has 4 rings (SSSR count). The van der Waals surface area contributed by atoms with E-state index in [-0.39, 0.29) is 11.9 Å².